The lowest BCUT2D eigenvalue weighted by atomic mass is 9.98. The number of likely N-dealkylation sites (tertiary alicyclic amines) is 1. The molecule has 5 N–H and O–H groups in total. The van der Waals surface area contributed by atoms with Crippen LogP contribution in [-0.4, -0.2) is 76.3 Å². The fourth-order valence-corrected chi connectivity index (χ4v) is 6.44. The molecule has 0 bridgehead atoms. The number of piperidine rings is 1. The second-order valence-corrected chi connectivity index (χ2v) is 12.4. The van der Waals surface area contributed by atoms with Gasteiger partial charge in [-0.3, -0.25) is 9.59 Å². The molecule has 3 aromatic carbocycles. The predicted molar refractivity (Wildman–Crippen MR) is 167 cm³/mol. The molecular weight excluding hydrogens is 584 g/mol. The molecule has 2 amide bonds. The van der Waals surface area contributed by atoms with E-state index in [0.717, 1.165) is 30.3 Å². The van der Waals surface area contributed by atoms with Crippen molar-refractivity contribution in [1.82, 2.24) is 20.3 Å². The van der Waals surface area contributed by atoms with Gasteiger partial charge in [-0.15, -0.1) is 0 Å². The van der Waals surface area contributed by atoms with Gasteiger partial charge in [0.05, 0.1) is 18.4 Å². The lowest BCUT2D eigenvalue weighted by Crippen LogP contribution is -2.54. The number of nitrogens with two attached hydrogens (primary N) is 1. The molecule has 1 saturated heterocycles. The molecule has 1 heterocycles. The molecule has 12 nitrogen and oxygen atoms in total. The monoisotopic (exact) mass is 622 g/mol. The van der Waals surface area contributed by atoms with Gasteiger partial charge in [0.1, 0.15) is 18.4 Å². The van der Waals surface area contributed by atoms with Crippen molar-refractivity contribution in [3.8, 4) is 0 Å². The van der Waals surface area contributed by atoms with Crippen LogP contribution in [0.3, 0.4) is 0 Å². The summed E-state index contributed by atoms with van der Waals surface area (Å²) in [4.78, 5) is 41.2. The smallest absolute Gasteiger partial charge is 0.328 e. The Kier molecular flexibility index (Phi) is 11.3. The molecule has 3 aromatic rings. The van der Waals surface area contributed by atoms with E-state index in [1.54, 1.807) is 48.8 Å². The average Bonchev–Trinajstić information content (AvgIpc) is 3.03. The lowest BCUT2D eigenvalue weighted by Gasteiger charge is -2.31. The van der Waals surface area contributed by atoms with Gasteiger partial charge in [0.15, 0.2) is 0 Å². The molecule has 0 saturated carbocycles. The standard InChI is InChI=1S/C31H38N6O6S/c1-43-31(40)28(16-22-8-3-2-4-9-22)35-30(39)27(18-29(38)33-19-23-10-7-15-37(20-23)21-34-32)36-44(41,42)26-14-13-24-11-5-6-12-25(24)17-26/h2-6,8-9,11-14,17,21,23,27-28,36H,7,10,15-16,18-20,32H2,1H3,(H,33,38)(H,35,39)/t23-,27-,28+/m0/s1. The minimum absolute atomic E-state index is 0.0629. The highest BCUT2D eigenvalue weighted by Gasteiger charge is 2.32. The number of sulfonamides is 1. The molecule has 0 unspecified atom stereocenters. The number of hydrogen-bond acceptors (Lipinski definition) is 8. The number of hydrogen-bond donors (Lipinski definition) is 4. The molecule has 44 heavy (non-hydrogen) atoms. The van der Waals surface area contributed by atoms with Crippen molar-refractivity contribution in [3.63, 3.8) is 0 Å². The first-order valence-corrected chi connectivity index (χ1v) is 15.8. The number of nitrogens with one attached hydrogen (secondary N) is 3. The van der Waals surface area contributed by atoms with Crippen LogP contribution in [0.4, 0.5) is 0 Å². The van der Waals surface area contributed by atoms with Crippen molar-refractivity contribution in [1.29, 1.82) is 0 Å². The van der Waals surface area contributed by atoms with E-state index >= 15 is 0 Å². The van der Waals surface area contributed by atoms with E-state index in [2.05, 4.69) is 20.5 Å². The first-order chi connectivity index (χ1) is 21.2. The molecule has 1 fully saturated rings. The Balaban J connectivity index is 1.52. The third kappa shape index (κ3) is 9.01. The van der Waals surface area contributed by atoms with Crippen LogP contribution >= 0.6 is 0 Å². The van der Waals surface area contributed by atoms with Crippen molar-refractivity contribution >= 4 is 44.9 Å². The first-order valence-electron chi connectivity index (χ1n) is 14.4. The Morgan fingerprint density at radius 2 is 1.77 bits per heavy atom. The molecule has 13 heteroatoms. The van der Waals surface area contributed by atoms with Gasteiger partial charge in [-0.2, -0.15) is 9.82 Å². The Morgan fingerprint density at radius 1 is 1.05 bits per heavy atom. The molecule has 0 spiro atoms. The molecule has 1 aliphatic rings. The maximum absolute atomic E-state index is 13.6. The van der Waals surface area contributed by atoms with Crippen LogP contribution in [0.25, 0.3) is 10.8 Å². The number of hydrazone groups is 1. The summed E-state index contributed by atoms with van der Waals surface area (Å²) in [5.74, 6) is 3.34. The van der Waals surface area contributed by atoms with E-state index in [9.17, 15) is 22.8 Å². The zero-order valence-corrected chi connectivity index (χ0v) is 25.3. The van der Waals surface area contributed by atoms with Crippen LogP contribution in [0.1, 0.15) is 24.8 Å². The molecule has 4 rings (SSSR count). The minimum Gasteiger partial charge on any atom is -0.467 e. The fourth-order valence-electron chi connectivity index (χ4n) is 5.21. The van der Waals surface area contributed by atoms with Crippen LogP contribution in [0.2, 0.25) is 0 Å². The number of benzene rings is 3. The summed E-state index contributed by atoms with van der Waals surface area (Å²) >= 11 is 0. The van der Waals surface area contributed by atoms with Gasteiger partial charge in [0.2, 0.25) is 21.8 Å². The van der Waals surface area contributed by atoms with Crippen LogP contribution in [-0.2, 0) is 35.6 Å². The number of carbonyl (C=O) groups excluding carboxylic acids is 3. The fraction of sp³-hybridized carbons (Fsp3) is 0.355. The molecule has 0 aliphatic carbocycles. The minimum atomic E-state index is -4.25. The van der Waals surface area contributed by atoms with Gasteiger partial charge in [-0.25, -0.2) is 13.2 Å². The number of methoxy groups -OCH3 is 1. The highest BCUT2D eigenvalue weighted by molar-refractivity contribution is 7.89. The largest absolute Gasteiger partial charge is 0.467 e. The van der Waals surface area contributed by atoms with Crippen molar-refractivity contribution in [2.75, 3.05) is 26.7 Å². The first kappa shape index (κ1) is 32.4. The molecule has 3 atom stereocenters. The number of carbonyl (C=O) groups is 3. The highest BCUT2D eigenvalue weighted by atomic mass is 32.2. The maximum atomic E-state index is 13.6. The summed E-state index contributed by atoms with van der Waals surface area (Å²) in [6.45, 7) is 1.80. The SMILES string of the molecule is COC(=O)[C@@H](Cc1ccccc1)NC(=O)[C@H](CC(=O)NC[C@@H]1CCCN(C=NN)C1)NS(=O)(=O)c1ccc2ccccc2c1. The van der Waals surface area contributed by atoms with E-state index in [0.29, 0.717) is 18.5 Å². The van der Waals surface area contributed by atoms with Crippen LogP contribution in [0.5, 0.6) is 0 Å². The number of nitrogens with zero attached hydrogens (tertiary/aromatic N) is 2. The Bertz CT molecular complexity index is 1580. The van der Waals surface area contributed by atoms with Gasteiger partial charge in [-0.1, -0.05) is 60.7 Å². The summed E-state index contributed by atoms with van der Waals surface area (Å²) < 4.78 is 34.3. The normalized spacial score (nSPS) is 16.8. The number of amides is 2. The van der Waals surface area contributed by atoms with Crippen molar-refractivity contribution in [2.45, 2.75) is 42.7 Å². The van der Waals surface area contributed by atoms with E-state index < -0.39 is 46.3 Å². The zero-order valence-electron chi connectivity index (χ0n) is 24.5. The van der Waals surface area contributed by atoms with E-state index in [1.165, 1.54) is 19.2 Å². The third-order valence-corrected chi connectivity index (χ3v) is 8.96. The van der Waals surface area contributed by atoms with Crippen LogP contribution < -0.4 is 21.2 Å². The second-order valence-electron chi connectivity index (χ2n) is 10.7. The van der Waals surface area contributed by atoms with Crippen molar-refractivity contribution in [2.24, 2.45) is 16.9 Å². The number of fused-ring (bicyclic) bond motifs is 1. The molecular formula is C31H38N6O6S. The Labute approximate surface area is 257 Å². The zero-order chi connectivity index (χ0) is 31.5. The summed E-state index contributed by atoms with van der Waals surface area (Å²) in [5.41, 5.74) is 0.760. The number of ether oxygens (including phenoxy) is 1. The Hall–Kier alpha value is -4.49. The van der Waals surface area contributed by atoms with Crippen LogP contribution in [0, 0.1) is 5.92 Å². The second kappa shape index (κ2) is 15.3. The topological polar surface area (TPSA) is 172 Å². The molecule has 234 valence electrons. The highest BCUT2D eigenvalue weighted by Crippen LogP contribution is 2.20. The average molecular weight is 623 g/mol. The van der Waals surface area contributed by atoms with Gasteiger partial charge >= 0.3 is 5.97 Å². The van der Waals surface area contributed by atoms with Crippen molar-refractivity contribution < 1.29 is 27.5 Å². The lowest BCUT2D eigenvalue weighted by molar-refractivity contribution is -0.145. The molecule has 1 aliphatic heterocycles. The van der Waals surface area contributed by atoms with E-state index in [-0.39, 0.29) is 17.2 Å². The number of esters is 1. The maximum Gasteiger partial charge on any atom is 0.328 e. The quantitative estimate of drug-likeness (QED) is 0.0730. The van der Waals surface area contributed by atoms with Gasteiger partial charge in [0, 0.05) is 26.1 Å². The predicted octanol–water partition coefficient (Wildman–Crippen LogP) is 1.51. The molecule has 0 radical (unpaired) electrons. The van der Waals surface area contributed by atoms with Crippen LogP contribution in [0.15, 0.2) is 82.8 Å². The summed E-state index contributed by atoms with van der Waals surface area (Å²) in [6, 6.07) is 18.3. The Morgan fingerprint density at radius 3 is 2.50 bits per heavy atom. The van der Waals surface area contributed by atoms with Gasteiger partial charge in [0.25, 0.3) is 0 Å². The molecule has 0 aromatic heterocycles. The summed E-state index contributed by atoms with van der Waals surface area (Å²) in [7, 11) is -3.05. The summed E-state index contributed by atoms with van der Waals surface area (Å²) in [5, 5.41) is 10.5. The summed E-state index contributed by atoms with van der Waals surface area (Å²) in [6.07, 6.45) is 2.97. The van der Waals surface area contributed by atoms with Gasteiger partial charge < -0.3 is 26.1 Å². The van der Waals surface area contributed by atoms with E-state index in [1.807, 2.05) is 23.1 Å². The van der Waals surface area contributed by atoms with Crippen molar-refractivity contribution in [3.05, 3.63) is 78.4 Å². The van der Waals surface area contributed by atoms with E-state index in [4.69, 9.17) is 10.6 Å². The van der Waals surface area contributed by atoms with Gasteiger partial charge in [-0.05, 0) is 47.2 Å². The number of rotatable bonds is 13. The third-order valence-electron chi connectivity index (χ3n) is 7.49.